The minimum atomic E-state index is -0.0809. The number of rotatable bonds is 4. The van der Waals surface area contributed by atoms with Crippen molar-refractivity contribution in [3.05, 3.63) is 77.9 Å². The molecule has 5 nitrogen and oxygen atoms in total. The Morgan fingerprint density at radius 2 is 2.00 bits per heavy atom. The molecule has 0 fully saturated rings. The van der Waals surface area contributed by atoms with Crippen LogP contribution in [0.4, 0.5) is 5.69 Å². The van der Waals surface area contributed by atoms with Gasteiger partial charge in [-0.1, -0.05) is 18.7 Å². The summed E-state index contributed by atoms with van der Waals surface area (Å²) >= 11 is 1.61. The molecular formula is C21H18N4OS. The Morgan fingerprint density at radius 3 is 2.81 bits per heavy atom. The molecule has 3 heterocycles. The number of carbonyl (C=O) groups is 1. The molecule has 1 aromatic carbocycles. The number of hydrogen-bond acceptors (Lipinski definition) is 5. The number of nitrogens with one attached hydrogen (secondary N) is 1. The molecule has 0 atom stereocenters. The number of pyridine rings is 2. The highest BCUT2D eigenvalue weighted by molar-refractivity contribution is 7.99. The first-order valence-corrected chi connectivity index (χ1v) is 9.62. The topological polar surface area (TPSA) is 67.2 Å². The van der Waals surface area contributed by atoms with Crippen molar-refractivity contribution in [3.8, 4) is 0 Å². The maximum atomic E-state index is 12.4. The van der Waals surface area contributed by atoms with Crippen molar-refractivity contribution in [3.63, 3.8) is 0 Å². The van der Waals surface area contributed by atoms with Crippen LogP contribution in [0.25, 0.3) is 0 Å². The molecule has 1 amide bonds. The molecule has 1 aliphatic rings. The first kappa shape index (κ1) is 17.4. The molecule has 1 N–H and O–H groups in total. The summed E-state index contributed by atoms with van der Waals surface area (Å²) in [5.74, 6) is -0.0809. The van der Waals surface area contributed by atoms with Gasteiger partial charge >= 0.3 is 0 Å². The van der Waals surface area contributed by atoms with Crippen molar-refractivity contribution in [2.24, 2.45) is 4.99 Å². The van der Waals surface area contributed by atoms with Crippen LogP contribution in [0.1, 0.15) is 35.0 Å². The Kier molecular flexibility index (Phi) is 4.98. The van der Waals surface area contributed by atoms with E-state index in [1.165, 1.54) is 0 Å². The lowest BCUT2D eigenvalue weighted by molar-refractivity contribution is 0.0953. The predicted molar refractivity (Wildman–Crippen MR) is 107 cm³/mol. The first-order valence-electron chi connectivity index (χ1n) is 8.81. The number of benzene rings is 1. The molecule has 0 aliphatic carbocycles. The second kappa shape index (κ2) is 7.72. The van der Waals surface area contributed by atoms with Crippen molar-refractivity contribution in [2.75, 3.05) is 6.54 Å². The molecule has 6 heteroatoms. The van der Waals surface area contributed by atoms with Gasteiger partial charge in [0.2, 0.25) is 0 Å². The molecule has 134 valence electrons. The molecule has 0 radical (unpaired) electrons. The van der Waals surface area contributed by atoms with Gasteiger partial charge in [-0.05, 0) is 48.9 Å². The van der Waals surface area contributed by atoms with Crippen LogP contribution in [0.3, 0.4) is 0 Å². The summed E-state index contributed by atoms with van der Waals surface area (Å²) in [5.41, 5.74) is 3.85. The van der Waals surface area contributed by atoms with Crippen molar-refractivity contribution < 1.29 is 4.79 Å². The molecule has 0 saturated carbocycles. The predicted octanol–water partition coefficient (Wildman–Crippen LogP) is 4.25. The van der Waals surface area contributed by atoms with E-state index in [2.05, 4.69) is 15.3 Å². The lowest BCUT2D eigenvalue weighted by Crippen LogP contribution is -2.23. The summed E-state index contributed by atoms with van der Waals surface area (Å²) in [6.45, 7) is 2.69. The minimum absolute atomic E-state index is 0.0809. The van der Waals surface area contributed by atoms with Crippen molar-refractivity contribution >= 4 is 29.1 Å². The Balaban J connectivity index is 1.84. The van der Waals surface area contributed by atoms with E-state index in [1.807, 2.05) is 49.4 Å². The van der Waals surface area contributed by atoms with Gasteiger partial charge in [0.1, 0.15) is 5.69 Å². The van der Waals surface area contributed by atoms with Crippen molar-refractivity contribution in [1.29, 1.82) is 0 Å². The van der Waals surface area contributed by atoms with Crippen molar-refractivity contribution in [1.82, 2.24) is 15.3 Å². The molecule has 0 unspecified atom stereocenters. The molecule has 0 saturated heterocycles. The number of nitrogens with zero attached hydrogens (tertiary/aromatic N) is 3. The van der Waals surface area contributed by atoms with Crippen LogP contribution in [0.5, 0.6) is 0 Å². The van der Waals surface area contributed by atoms with Gasteiger partial charge in [0, 0.05) is 46.1 Å². The third kappa shape index (κ3) is 3.61. The number of aromatic nitrogens is 2. The number of fused-ring (bicyclic) bond motifs is 2. The third-order valence-electron chi connectivity index (χ3n) is 4.14. The zero-order valence-electron chi connectivity index (χ0n) is 14.8. The lowest BCUT2D eigenvalue weighted by atomic mass is 10.1. The summed E-state index contributed by atoms with van der Waals surface area (Å²) in [6.07, 6.45) is 6.19. The molecular weight excluding hydrogens is 356 g/mol. The summed E-state index contributed by atoms with van der Waals surface area (Å²) < 4.78 is 0. The molecule has 0 spiro atoms. The maximum Gasteiger partial charge on any atom is 0.251 e. The highest BCUT2D eigenvalue weighted by atomic mass is 32.2. The number of amides is 1. The second-order valence-electron chi connectivity index (χ2n) is 6.09. The van der Waals surface area contributed by atoms with Gasteiger partial charge in [-0.2, -0.15) is 0 Å². The third-order valence-corrected chi connectivity index (χ3v) is 5.25. The van der Waals surface area contributed by atoms with Gasteiger partial charge in [0.25, 0.3) is 5.91 Å². The summed E-state index contributed by atoms with van der Waals surface area (Å²) in [7, 11) is 0. The molecule has 3 aromatic rings. The lowest BCUT2D eigenvalue weighted by Gasteiger charge is -2.07. The van der Waals surface area contributed by atoms with Crippen LogP contribution >= 0.6 is 11.8 Å². The minimum Gasteiger partial charge on any atom is -0.352 e. The van der Waals surface area contributed by atoms with Gasteiger partial charge in [0.05, 0.1) is 11.4 Å². The Morgan fingerprint density at radius 1 is 1.11 bits per heavy atom. The van der Waals surface area contributed by atoms with Gasteiger partial charge in [-0.15, -0.1) is 0 Å². The van der Waals surface area contributed by atoms with E-state index in [-0.39, 0.29) is 5.91 Å². The van der Waals surface area contributed by atoms with Crippen LogP contribution in [-0.2, 0) is 0 Å². The molecule has 27 heavy (non-hydrogen) atoms. The Bertz CT molecular complexity index is 1020. The number of carbonyl (C=O) groups excluding carboxylic acids is 1. The molecule has 2 aromatic heterocycles. The standard InChI is InChI=1S/C21H18N4OS/c1-2-9-24-21(26)14-7-8-17-16(12-14)25-19(15-5-3-10-22-13-15)20-18(27-17)6-4-11-23-20/h3-8,10-13H,2,9H2,1H3,(H,24,26). The zero-order chi connectivity index (χ0) is 18.6. The molecule has 0 bridgehead atoms. The normalized spacial score (nSPS) is 12.4. The highest BCUT2D eigenvalue weighted by Crippen LogP contribution is 2.40. The smallest absolute Gasteiger partial charge is 0.251 e. The van der Waals surface area contributed by atoms with Gasteiger partial charge < -0.3 is 5.32 Å². The average Bonchev–Trinajstić information content (AvgIpc) is 2.88. The van der Waals surface area contributed by atoms with E-state index in [4.69, 9.17) is 4.99 Å². The van der Waals surface area contributed by atoms with E-state index >= 15 is 0 Å². The number of hydrogen-bond donors (Lipinski definition) is 1. The second-order valence-corrected chi connectivity index (χ2v) is 7.18. The maximum absolute atomic E-state index is 12.4. The van der Waals surface area contributed by atoms with E-state index in [0.29, 0.717) is 12.1 Å². The van der Waals surface area contributed by atoms with Gasteiger partial charge in [-0.25, -0.2) is 4.99 Å². The van der Waals surface area contributed by atoms with Crippen LogP contribution in [-0.4, -0.2) is 28.1 Å². The fourth-order valence-electron chi connectivity index (χ4n) is 2.82. The van der Waals surface area contributed by atoms with Gasteiger partial charge in [0.15, 0.2) is 0 Å². The average molecular weight is 374 g/mol. The van der Waals surface area contributed by atoms with E-state index in [1.54, 1.807) is 30.4 Å². The Labute approximate surface area is 162 Å². The highest BCUT2D eigenvalue weighted by Gasteiger charge is 2.21. The van der Waals surface area contributed by atoms with E-state index in [0.717, 1.165) is 38.9 Å². The summed E-state index contributed by atoms with van der Waals surface area (Å²) in [4.78, 5) is 28.0. The van der Waals surface area contributed by atoms with Gasteiger partial charge in [-0.3, -0.25) is 14.8 Å². The Hall–Kier alpha value is -2.99. The summed E-state index contributed by atoms with van der Waals surface area (Å²) in [6, 6.07) is 13.5. The summed E-state index contributed by atoms with van der Waals surface area (Å²) in [5, 5.41) is 2.91. The zero-order valence-corrected chi connectivity index (χ0v) is 15.7. The number of aliphatic imine (C=N–C) groups is 1. The monoisotopic (exact) mass is 374 g/mol. The first-order chi connectivity index (χ1) is 13.3. The van der Waals surface area contributed by atoms with Crippen LogP contribution in [0, 0.1) is 0 Å². The largest absolute Gasteiger partial charge is 0.352 e. The fourth-order valence-corrected chi connectivity index (χ4v) is 3.79. The van der Waals surface area contributed by atoms with Crippen LogP contribution < -0.4 is 5.32 Å². The van der Waals surface area contributed by atoms with Crippen LogP contribution in [0.2, 0.25) is 0 Å². The SMILES string of the molecule is CCCNC(=O)c1ccc2c(c1)N=C(c1cccnc1)c1ncccc1S2. The van der Waals surface area contributed by atoms with E-state index < -0.39 is 0 Å². The van der Waals surface area contributed by atoms with E-state index in [9.17, 15) is 4.79 Å². The van der Waals surface area contributed by atoms with Crippen molar-refractivity contribution in [2.45, 2.75) is 23.1 Å². The quantitative estimate of drug-likeness (QED) is 0.580. The fraction of sp³-hybridized carbons (Fsp3) is 0.143. The molecule has 4 rings (SSSR count). The van der Waals surface area contributed by atoms with Crippen LogP contribution in [0.15, 0.2) is 75.8 Å². The molecule has 1 aliphatic heterocycles.